The molecule has 0 spiro atoms. The lowest BCUT2D eigenvalue weighted by Gasteiger charge is -2.08. The van der Waals surface area contributed by atoms with Crippen molar-refractivity contribution >= 4 is 22.5 Å². The average molecular weight is 295 g/mol. The summed E-state index contributed by atoms with van der Waals surface area (Å²) in [5.41, 5.74) is 0.855. The number of hydrogen-bond acceptors (Lipinski definition) is 3. The van der Waals surface area contributed by atoms with E-state index in [9.17, 15) is 4.79 Å². The molecule has 0 bridgehead atoms. The van der Waals surface area contributed by atoms with Crippen LogP contribution in [0.1, 0.15) is 5.69 Å². The summed E-state index contributed by atoms with van der Waals surface area (Å²) >= 11 is 0. The Kier molecular flexibility index (Phi) is 3.78. The molecule has 0 unspecified atom stereocenters. The Morgan fingerprint density at radius 1 is 1.18 bits per heavy atom. The molecular formula is C17H17N3O2. The van der Waals surface area contributed by atoms with Gasteiger partial charge in [0.2, 0.25) is 0 Å². The summed E-state index contributed by atoms with van der Waals surface area (Å²) in [4.78, 5) is 11.9. The summed E-state index contributed by atoms with van der Waals surface area (Å²) < 4.78 is 7.18. The number of nitrogens with one attached hydrogen (secondary N) is 1. The molecule has 112 valence electrons. The highest BCUT2D eigenvalue weighted by Gasteiger charge is 2.08. The molecule has 3 aromatic rings. The van der Waals surface area contributed by atoms with Crippen molar-refractivity contribution in [2.24, 2.45) is 7.05 Å². The fraction of sp³-hybridized carbons (Fsp3) is 0.176. The second-order valence-electron chi connectivity index (χ2n) is 5.14. The molecule has 0 aliphatic carbocycles. The van der Waals surface area contributed by atoms with E-state index in [0.29, 0.717) is 11.6 Å². The van der Waals surface area contributed by atoms with Crippen LogP contribution < -0.4 is 10.1 Å². The molecule has 1 N–H and O–H groups in total. The smallest absolute Gasteiger partial charge is 0.263 e. The number of amides is 1. The second kappa shape index (κ2) is 5.89. The van der Waals surface area contributed by atoms with Crippen molar-refractivity contribution in [2.45, 2.75) is 6.92 Å². The Bertz CT molecular complexity index is 824. The van der Waals surface area contributed by atoms with Gasteiger partial charge in [-0.2, -0.15) is 5.10 Å². The molecule has 0 atom stereocenters. The maximum Gasteiger partial charge on any atom is 0.263 e. The summed E-state index contributed by atoms with van der Waals surface area (Å²) in [5, 5.41) is 9.18. The molecule has 0 radical (unpaired) electrons. The number of carbonyl (C=O) groups is 1. The van der Waals surface area contributed by atoms with Crippen LogP contribution in [-0.2, 0) is 11.8 Å². The maximum atomic E-state index is 11.9. The first-order chi connectivity index (χ1) is 10.6. The first kappa shape index (κ1) is 14.1. The molecule has 5 nitrogen and oxygen atoms in total. The van der Waals surface area contributed by atoms with Gasteiger partial charge in [-0.25, -0.2) is 0 Å². The van der Waals surface area contributed by atoms with Gasteiger partial charge in [0.05, 0.1) is 5.69 Å². The molecule has 5 heteroatoms. The van der Waals surface area contributed by atoms with Gasteiger partial charge in [-0.05, 0) is 29.8 Å². The molecule has 22 heavy (non-hydrogen) atoms. The molecule has 0 saturated heterocycles. The number of rotatable bonds is 4. The van der Waals surface area contributed by atoms with Crippen LogP contribution in [0.3, 0.4) is 0 Å². The first-order valence-corrected chi connectivity index (χ1v) is 7.04. The molecule has 2 aromatic carbocycles. The molecule has 0 aliphatic heterocycles. The van der Waals surface area contributed by atoms with Gasteiger partial charge in [0.1, 0.15) is 11.6 Å². The highest BCUT2D eigenvalue weighted by molar-refractivity contribution is 5.91. The molecule has 3 rings (SSSR count). The molecule has 0 saturated carbocycles. The van der Waals surface area contributed by atoms with Crippen molar-refractivity contribution in [2.75, 3.05) is 11.9 Å². The van der Waals surface area contributed by atoms with Gasteiger partial charge in [0.15, 0.2) is 6.61 Å². The standard InChI is InChI=1S/C17H17N3O2/c1-12-9-16(20(2)19-12)18-17(21)11-22-15-8-7-13-5-3-4-6-14(13)10-15/h3-10H,11H2,1-2H3,(H,18,21). The number of hydrogen-bond donors (Lipinski definition) is 1. The van der Waals surface area contributed by atoms with E-state index in [2.05, 4.69) is 10.4 Å². The molecular weight excluding hydrogens is 278 g/mol. The number of ether oxygens (including phenoxy) is 1. The zero-order chi connectivity index (χ0) is 15.5. The van der Waals surface area contributed by atoms with E-state index >= 15 is 0 Å². The monoisotopic (exact) mass is 295 g/mol. The molecule has 1 heterocycles. The van der Waals surface area contributed by atoms with E-state index in [-0.39, 0.29) is 12.5 Å². The number of anilines is 1. The van der Waals surface area contributed by atoms with Crippen LogP contribution in [0.5, 0.6) is 5.75 Å². The van der Waals surface area contributed by atoms with Crippen LogP contribution in [0.4, 0.5) is 5.82 Å². The fourth-order valence-corrected chi connectivity index (χ4v) is 2.31. The third-order valence-electron chi connectivity index (χ3n) is 3.36. The van der Waals surface area contributed by atoms with E-state index < -0.39 is 0 Å². The largest absolute Gasteiger partial charge is 0.484 e. The minimum atomic E-state index is -0.212. The summed E-state index contributed by atoms with van der Waals surface area (Å²) in [7, 11) is 1.78. The van der Waals surface area contributed by atoms with Crippen molar-refractivity contribution in [1.29, 1.82) is 0 Å². The Morgan fingerprint density at radius 2 is 1.95 bits per heavy atom. The van der Waals surface area contributed by atoms with Crippen LogP contribution in [0, 0.1) is 6.92 Å². The fourth-order valence-electron chi connectivity index (χ4n) is 2.31. The predicted molar refractivity (Wildman–Crippen MR) is 86.0 cm³/mol. The van der Waals surface area contributed by atoms with Gasteiger partial charge in [-0.3, -0.25) is 9.48 Å². The van der Waals surface area contributed by atoms with Gasteiger partial charge in [-0.1, -0.05) is 30.3 Å². The Morgan fingerprint density at radius 3 is 2.68 bits per heavy atom. The Labute approximate surface area is 128 Å². The van der Waals surface area contributed by atoms with Crippen molar-refractivity contribution in [3.05, 3.63) is 54.2 Å². The molecule has 0 aliphatic rings. The number of aromatic nitrogens is 2. The highest BCUT2D eigenvalue weighted by Crippen LogP contribution is 2.20. The topological polar surface area (TPSA) is 56.1 Å². The van der Waals surface area contributed by atoms with Gasteiger partial charge in [0.25, 0.3) is 5.91 Å². The van der Waals surface area contributed by atoms with E-state index in [1.54, 1.807) is 11.7 Å². The van der Waals surface area contributed by atoms with Crippen LogP contribution in [0.15, 0.2) is 48.5 Å². The third kappa shape index (κ3) is 3.09. The van der Waals surface area contributed by atoms with Gasteiger partial charge >= 0.3 is 0 Å². The third-order valence-corrected chi connectivity index (χ3v) is 3.36. The maximum absolute atomic E-state index is 11.9. The SMILES string of the molecule is Cc1cc(NC(=O)COc2ccc3ccccc3c2)n(C)n1. The van der Waals surface area contributed by atoms with Crippen LogP contribution in [0.25, 0.3) is 10.8 Å². The van der Waals surface area contributed by atoms with Gasteiger partial charge < -0.3 is 10.1 Å². The van der Waals surface area contributed by atoms with Crippen molar-refractivity contribution < 1.29 is 9.53 Å². The van der Waals surface area contributed by atoms with Gasteiger partial charge in [-0.15, -0.1) is 0 Å². The lowest BCUT2D eigenvalue weighted by molar-refractivity contribution is -0.118. The lowest BCUT2D eigenvalue weighted by Crippen LogP contribution is -2.21. The minimum absolute atomic E-state index is 0.0391. The average Bonchev–Trinajstić information content (AvgIpc) is 2.82. The number of carbonyl (C=O) groups excluding carboxylic acids is 1. The van der Waals surface area contributed by atoms with Crippen molar-refractivity contribution in [3.63, 3.8) is 0 Å². The Balaban J connectivity index is 1.63. The summed E-state index contributed by atoms with van der Waals surface area (Å²) in [5.74, 6) is 1.12. The predicted octanol–water partition coefficient (Wildman–Crippen LogP) is 2.90. The first-order valence-electron chi connectivity index (χ1n) is 7.04. The van der Waals surface area contributed by atoms with Gasteiger partial charge in [0, 0.05) is 13.1 Å². The zero-order valence-electron chi connectivity index (χ0n) is 12.5. The number of nitrogens with zero attached hydrogens (tertiary/aromatic N) is 2. The Hall–Kier alpha value is -2.82. The highest BCUT2D eigenvalue weighted by atomic mass is 16.5. The van der Waals surface area contributed by atoms with E-state index in [0.717, 1.165) is 16.5 Å². The lowest BCUT2D eigenvalue weighted by atomic mass is 10.1. The van der Waals surface area contributed by atoms with E-state index in [1.807, 2.05) is 55.5 Å². The summed E-state index contributed by atoms with van der Waals surface area (Å²) in [6.45, 7) is 1.84. The second-order valence-corrected chi connectivity index (χ2v) is 5.14. The number of benzene rings is 2. The van der Waals surface area contributed by atoms with Crippen molar-refractivity contribution in [1.82, 2.24) is 9.78 Å². The molecule has 1 amide bonds. The summed E-state index contributed by atoms with van der Waals surface area (Å²) in [6.07, 6.45) is 0. The quantitative estimate of drug-likeness (QED) is 0.805. The zero-order valence-corrected chi connectivity index (χ0v) is 12.5. The normalized spacial score (nSPS) is 10.6. The van der Waals surface area contributed by atoms with E-state index in [4.69, 9.17) is 4.74 Å². The number of fused-ring (bicyclic) bond motifs is 1. The summed E-state index contributed by atoms with van der Waals surface area (Å²) in [6, 6.07) is 15.6. The van der Waals surface area contributed by atoms with Crippen molar-refractivity contribution in [3.8, 4) is 5.75 Å². The van der Waals surface area contributed by atoms with E-state index in [1.165, 1.54) is 0 Å². The minimum Gasteiger partial charge on any atom is -0.484 e. The molecule has 0 fully saturated rings. The van der Waals surface area contributed by atoms with Crippen LogP contribution in [-0.4, -0.2) is 22.3 Å². The molecule has 1 aromatic heterocycles. The van der Waals surface area contributed by atoms with Crippen LogP contribution in [0.2, 0.25) is 0 Å². The van der Waals surface area contributed by atoms with Crippen LogP contribution >= 0.6 is 0 Å². The number of aryl methyl sites for hydroxylation is 2.